The van der Waals surface area contributed by atoms with Crippen molar-refractivity contribution >= 4 is 5.91 Å². The van der Waals surface area contributed by atoms with Gasteiger partial charge in [0.1, 0.15) is 5.75 Å². The highest BCUT2D eigenvalue weighted by Crippen LogP contribution is 2.19. The summed E-state index contributed by atoms with van der Waals surface area (Å²) < 4.78 is 5.81. The average molecular weight is 304 g/mol. The van der Waals surface area contributed by atoms with E-state index < -0.39 is 6.10 Å². The fourth-order valence-corrected chi connectivity index (χ4v) is 2.82. The van der Waals surface area contributed by atoms with E-state index in [0.29, 0.717) is 0 Å². The minimum atomic E-state index is -0.459. The minimum absolute atomic E-state index is 0.0349. The van der Waals surface area contributed by atoms with E-state index >= 15 is 0 Å². The lowest BCUT2D eigenvalue weighted by molar-refractivity contribution is -0.127. The predicted octanol–water partition coefficient (Wildman–Crippen LogP) is 2.62. The van der Waals surface area contributed by atoms with Crippen LogP contribution >= 0.6 is 0 Å². The van der Waals surface area contributed by atoms with Gasteiger partial charge in [0.15, 0.2) is 6.10 Å². The quantitative estimate of drug-likeness (QED) is 0.751. The molecule has 122 valence electrons. The summed E-state index contributed by atoms with van der Waals surface area (Å²) in [4.78, 5) is 14.6. The lowest BCUT2D eigenvalue weighted by Crippen LogP contribution is -2.37. The lowest BCUT2D eigenvalue weighted by Gasteiger charge is -2.18. The zero-order chi connectivity index (χ0) is 15.8. The first-order chi connectivity index (χ1) is 10.7. The molecule has 1 aliphatic heterocycles. The van der Waals surface area contributed by atoms with Crippen LogP contribution in [0.15, 0.2) is 24.3 Å². The molecule has 0 aliphatic carbocycles. The fourth-order valence-electron chi connectivity index (χ4n) is 2.82. The molecule has 1 aliphatic rings. The van der Waals surface area contributed by atoms with Crippen molar-refractivity contribution in [3.05, 3.63) is 29.8 Å². The number of benzene rings is 1. The van der Waals surface area contributed by atoms with Gasteiger partial charge in [0, 0.05) is 6.54 Å². The number of carbonyl (C=O) groups is 1. The van der Waals surface area contributed by atoms with Gasteiger partial charge in [0.05, 0.1) is 0 Å². The second-order valence-electron chi connectivity index (χ2n) is 5.91. The van der Waals surface area contributed by atoms with E-state index in [0.717, 1.165) is 37.2 Å². The van der Waals surface area contributed by atoms with Crippen LogP contribution in [0.5, 0.6) is 5.75 Å². The largest absolute Gasteiger partial charge is 0.481 e. The number of hydrogen-bond donors (Lipinski definition) is 1. The summed E-state index contributed by atoms with van der Waals surface area (Å²) in [6, 6.07) is 7.90. The molecule has 0 bridgehead atoms. The maximum Gasteiger partial charge on any atom is 0.260 e. The molecule has 1 aromatic carbocycles. The second-order valence-corrected chi connectivity index (χ2v) is 5.91. The van der Waals surface area contributed by atoms with E-state index in [-0.39, 0.29) is 5.91 Å². The van der Waals surface area contributed by atoms with Gasteiger partial charge >= 0.3 is 0 Å². The van der Waals surface area contributed by atoms with Crippen LogP contribution in [0.2, 0.25) is 0 Å². The molecule has 0 spiro atoms. The van der Waals surface area contributed by atoms with Crippen LogP contribution in [0, 0.1) is 0 Å². The maximum absolute atomic E-state index is 12.1. The van der Waals surface area contributed by atoms with Crippen molar-refractivity contribution in [2.24, 2.45) is 0 Å². The van der Waals surface area contributed by atoms with E-state index in [4.69, 9.17) is 4.74 Å². The molecule has 4 nitrogen and oxygen atoms in total. The first-order valence-corrected chi connectivity index (χ1v) is 8.45. The van der Waals surface area contributed by atoms with Crippen molar-refractivity contribution in [1.82, 2.24) is 10.2 Å². The smallest absolute Gasteiger partial charge is 0.260 e. The molecule has 1 amide bonds. The molecule has 0 radical (unpaired) electrons. The van der Waals surface area contributed by atoms with Crippen LogP contribution in [-0.4, -0.2) is 43.1 Å². The Bertz CT molecular complexity index is 470. The predicted molar refractivity (Wildman–Crippen MR) is 89.2 cm³/mol. The third-order valence-electron chi connectivity index (χ3n) is 4.18. The molecule has 1 aromatic rings. The molecule has 1 saturated heterocycles. The molecule has 1 fully saturated rings. The highest BCUT2D eigenvalue weighted by Gasteiger charge is 2.16. The summed E-state index contributed by atoms with van der Waals surface area (Å²) in [6.07, 6.45) is 4.08. The number of likely N-dealkylation sites (tertiary alicyclic amines) is 1. The maximum atomic E-state index is 12.1. The monoisotopic (exact) mass is 304 g/mol. The number of para-hydroxylation sites is 1. The van der Waals surface area contributed by atoms with Gasteiger partial charge in [-0.3, -0.25) is 4.79 Å². The van der Waals surface area contributed by atoms with Crippen molar-refractivity contribution in [3.63, 3.8) is 0 Å². The molecule has 4 heteroatoms. The van der Waals surface area contributed by atoms with Gasteiger partial charge in [0.25, 0.3) is 5.91 Å². The molecule has 1 atom stereocenters. The summed E-state index contributed by atoms with van der Waals surface area (Å²) in [6.45, 7) is 8.11. The van der Waals surface area contributed by atoms with Gasteiger partial charge in [-0.25, -0.2) is 0 Å². The van der Waals surface area contributed by atoms with Gasteiger partial charge in [-0.1, -0.05) is 25.1 Å². The minimum Gasteiger partial charge on any atom is -0.481 e. The Morgan fingerprint density at radius 2 is 2.05 bits per heavy atom. The van der Waals surface area contributed by atoms with Gasteiger partial charge in [-0.15, -0.1) is 0 Å². The standard InChI is InChI=1S/C18H28N2O2/c1-3-16-9-4-5-10-17(16)22-15(2)18(21)19-11-8-14-20-12-6-7-13-20/h4-5,9-10,15H,3,6-8,11-14H2,1-2H3,(H,19,21)/t15-/m0/s1. The van der Waals surface area contributed by atoms with Crippen LogP contribution in [0.25, 0.3) is 0 Å². The molecule has 0 aromatic heterocycles. The Labute approximate surface area is 133 Å². The van der Waals surface area contributed by atoms with Crippen LogP contribution in [0.3, 0.4) is 0 Å². The highest BCUT2D eigenvalue weighted by molar-refractivity contribution is 5.80. The SMILES string of the molecule is CCc1ccccc1O[C@@H](C)C(=O)NCCCN1CCCC1. The summed E-state index contributed by atoms with van der Waals surface area (Å²) in [7, 11) is 0. The van der Waals surface area contributed by atoms with E-state index in [9.17, 15) is 4.79 Å². The fraction of sp³-hybridized carbons (Fsp3) is 0.611. The molecule has 0 saturated carbocycles. The van der Waals surface area contributed by atoms with Gasteiger partial charge in [0.2, 0.25) is 0 Å². The zero-order valence-electron chi connectivity index (χ0n) is 13.8. The van der Waals surface area contributed by atoms with Crippen molar-refractivity contribution in [2.45, 2.75) is 45.6 Å². The average Bonchev–Trinajstić information content (AvgIpc) is 3.05. The first-order valence-electron chi connectivity index (χ1n) is 8.45. The van der Waals surface area contributed by atoms with E-state index in [2.05, 4.69) is 17.1 Å². The molecule has 2 rings (SSSR count). The summed E-state index contributed by atoms with van der Waals surface area (Å²) in [5.41, 5.74) is 1.14. The molecule has 22 heavy (non-hydrogen) atoms. The highest BCUT2D eigenvalue weighted by atomic mass is 16.5. The molecular formula is C18H28N2O2. The Morgan fingerprint density at radius 1 is 1.32 bits per heavy atom. The molecular weight excluding hydrogens is 276 g/mol. The van der Waals surface area contributed by atoms with E-state index in [1.807, 2.05) is 31.2 Å². The molecule has 0 unspecified atom stereocenters. The van der Waals surface area contributed by atoms with Crippen molar-refractivity contribution < 1.29 is 9.53 Å². The Hall–Kier alpha value is -1.55. The Kier molecular flexibility index (Phi) is 6.72. The molecule has 1 heterocycles. The topological polar surface area (TPSA) is 41.6 Å². The van der Waals surface area contributed by atoms with Gasteiger partial charge in [-0.05, 0) is 63.9 Å². The van der Waals surface area contributed by atoms with E-state index in [1.165, 1.54) is 25.9 Å². The number of nitrogens with one attached hydrogen (secondary N) is 1. The number of ether oxygens (including phenoxy) is 1. The van der Waals surface area contributed by atoms with Crippen LogP contribution < -0.4 is 10.1 Å². The normalized spacial score (nSPS) is 16.5. The van der Waals surface area contributed by atoms with Crippen LogP contribution in [0.1, 0.15) is 38.7 Å². The zero-order valence-corrected chi connectivity index (χ0v) is 13.8. The van der Waals surface area contributed by atoms with Gasteiger partial charge < -0.3 is 15.0 Å². The molecule has 1 N–H and O–H groups in total. The number of nitrogens with zero attached hydrogens (tertiary/aromatic N) is 1. The number of rotatable bonds is 8. The van der Waals surface area contributed by atoms with Gasteiger partial charge in [-0.2, -0.15) is 0 Å². The Balaban J connectivity index is 1.70. The second kappa shape index (κ2) is 8.79. The third kappa shape index (κ3) is 5.02. The van der Waals surface area contributed by atoms with E-state index in [1.54, 1.807) is 0 Å². The summed E-state index contributed by atoms with van der Waals surface area (Å²) >= 11 is 0. The number of aryl methyl sites for hydroxylation is 1. The number of amides is 1. The Morgan fingerprint density at radius 3 is 2.77 bits per heavy atom. The van der Waals surface area contributed by atoms with Crippen molar-refractivity contribution in [3.8, 4) is 5.75 Å². The number of hydrogen-bond acceptors (Lipinski definition) is 3. The van der Waals surface area contributed by atoms with Crippen molar-refractivity contribution in [2.75, 3.05) is 26.2 Å². The van der Waals surface area contributed by atoms with Crippen LogP contribution in [-0.2, 0) is 11.2 Å². The lowest BCUT2D eigenvalue weighted by atomic mass is 10.1. The first kappa shape index (κ1) is 16.8. The van der Waals surface area contributed by atoms with Crippen LogP contribution in [0.4, 0.5) is 0 Å². The number of carbonyl (C=O) groups excluding carboxylic acids is 1. The third-order valence-corrected chi connectivity index (χ3v) is 4.18. The van der Waals surface area contributed by atoms with Crippen molar-refractivity contribution in [1.29, 1.82) is 0 Å². The summed E-state index contributed by atoms with van der Waals surface area (Å²) in [5.74, 6) is 0.775. The summed E-state index contributed by atoms with van der Waals surface area (Å²) in [5, 5.41) is 2.97.